The molecular weight excluding hydrogens is 637 g/mol. The lowest BCUT2D eigenvalue weighted by Gasteiger charge is -2.18. The predicted molar refractivity (Wildman–Crippen MR) is 209 cm³/mol. The molecule has 0 amide bonds. The molecule has 0 bridgehead atoms. The molecule has 0 radical (unpaired) electrons. The van der Waals surface area contributed by atoms with Gasteiger partial charge in [-0.25, -0.2) is 15.0 Å². The quantitative estimate of drug-likeness (QED) is 0.183. The van der Waals surface area contributed by atoms with Crippen molar-refractivity contribution in [3.05, 3.63) is 181 Å². The summed E-state index contributed by atoms with van der Waals surface area (Å²) in [5.41, 5.74) is 12.8. The standard InChI is InChI=1S/C47H32N4O/c1-4-13-30(14-5-1)37-25-23-31-15-10-11-20-36(31)39-28-35(29-48-44(37)39)34-24-26-41-40(27-34)43-38(21-12-22-42(43)52-41)47-50-45(32-16-6-2-7-17-32)49-46(51-47)33-18-8-3-9-19-33/h1-22,24,26-29,37H,23,25H2. The SMILES string of the molecule is c1ccc(-c2nc(-c3ccccc3)nc(-c3cccc4oc5ccc(-c6cnc7c(c6)-c6ccccc6CCC7c6ccccc6)cc5c34)n2)cc1. The number of benzene rings is 6. The van der Waals surface area contributed by atoms with Gasteiger partial charge in [-0.05, 0) is 59.4 Å². The molecular formula is C47H32N4O. The molecule has 52 heavy (non-hydrogen) atoms. The summed E-state index contributed by atoms with van der Waals surface area (Å²) in [6.07, 6.45) is 4.06. The van der Waals surface area contributed by atoms with Crippen molar-refractivity contribution in [2.45, 2.75) is 18.8 Å². The smallest absolute Gasteiger partial charge is 0.164 e. The number of furan rings is 1. The molecule has 10 rings (SSSR count). The molecule has 5 heteroatoms. The van der Waals surface area contributed by atoms with E-state index in [0.29, 0.717) is 17.5 Å². The number of aromatic nitrogens is 4. The molecule has 1 atom stereocenters. The van der Waals surface area contributed by atoms with Crippen LogP contribution >= 0.6 is 0 Å². The van der Waals surface area contributed by atoms with E-state index < -0.39 is 0 Å². The Hall–Kier alpha value is -6.72. The second-order valence-electron chi connectivity index (χ2n) is 13.3. The first-order valence-corrected chi connectivity index (χ1v) is 17.7. The van der Waals surface area contributed by atoms with Crippen molar-refractivity contribution in [1.29, 1.82) is 0 Å². The minimum Gasteiger partial charge on any atom is -0.456 e. The third-order valence-electron chi connectivity index (χ3n) is 10.2. The normalized spacial score (nSPS) is 13.8. The first-order valence-electron chi connectivity index (χ1n) is 17.7. The molecule has 3 heterocycles. The van der Waals surface area contributed by atoms with Crippen molar-refractivity contribution >= 4 is 21.9 Å². The van der Waals surface area contributed by atoms with Crippen LogP contribution in [0.4, 0.5) is 0 Å². The number of nitrogens with zero attached hydrogens (tertiary/aromatic N) is 4. The van der Waals surface area contributed by atoms with Crippen molar-refractivity contribution in [2.75, 3.05) is 0 Å². The van der Waals surface area contributed by atoms with Gasteiger partial charge >= 0.3 is 0 Å². The Labute approximate surface area is 301 Å². The topological polar surface area (TPSA) is 64.7 Å². The number of pyridine rings is 1. The zero-order chi connectivity index (χ0) is 34.4. The molecule has 0 aliphatic heterocycles. The van der Waals surface area contributed by atoms with Crippen molar-refractivity contribution in [1.82, 2.24) is 19.9 Å². The molecule has 246 valence electrons. The monoisotopic (exact) mass is 668 g/mol. The molecule has 9 aromatic rings. The van der Waals surface area contributed by atoms with Gasteiger partial charge in [-0.3, -0.25) is 4.98 Å². The number of hydrogen-bond donors (Lipinski definition) is 0. The van der Waals surface area contributed by atoms with Crippen LogP contribution in [-0.2, 0) is 6.42 Å². The fourth-order valence-corrected chi connectivity index (χ4v) is 7.70. The van der Waals surface area contributed by atoms with Gasteiger partial charge in [-0.2, -0.15) is 0 Å². The summed E-state index contributed by atoms with van der Waals surface area (Å²) in [7, 11) is 0. The van der Waals surface area contributed by atoms with Crippen molar-refractivity contribution in [3.63, 3.8) is 0 Å². The fourth-order valence-electron chi connectivity index (χ4n) is 7.70. The van der Waals surface area contributed by atoms with E-state index in [4.69, 9.17) is 24.4 Å². The molecule has 1 aliphatic carbocycles. The van der Waals surface area contributed by atoms with E-state index in [1.165, 1.54) is 22.3 Å². The van der Waals surface area contributed by atoms with Gasteiger partial charge in [-0.1, -0.05) is 133 Å². The van der Waals surface area contributed by atoms with E-state index >= 15 is 0 Å². The second kappa shape index (κ2) is 12.6. The average Bonchev–Trinajstić information content (AvgIpc) is 3.52. The summed E-state index contributed by atoms with van der Waals surface area (Å²) in [5.74, 6) is 2.07. The van der Waals surface area contributed by atoms with Gasteiger partial charge in [0.25, 0.3) is 0 Å². The van der Waals surface area contributed by atoms with E-state index in [-0.39, 0.29) is 5.92 Å². The number of aryl methyl sites for hydroxylation is 1. The Bertz CT molecular complexity index is 2680. The highest BCUT2D eigenvalue weighted by Crippen LogP contribution is 2.43. The molecule has 0 fully saturated rings. The van der Waals surface area contributed by atoms with Crippen LogP contribution in [0.15, 0.2) is 168 Å². The van der Waals surface area contributed by atoms with Crippen LogP contribution in [0.1, 0.15) is 29.2 Å². The van der Waals surface area contributed by atoms with Gasteiger partial charge in [0, 0.05) is 50.7 Å². The largest absolute Gasteiger partial charge is 0.456 e. The maximum absolute atomic E-state index is 6.47. The van der Waals surface area contributed by atoms with E-state index in [1.54, 1.807) is 0 Å². The molecule has 3 aromatic heterocycles. The lowest BCUT2D eigenvalue weighted by molar-refractivity contribution is 0.669. The Morgan fingerprint density at radius 3 is 1.88 bits per heavy atom. The van der Waals surface area contributed by atoms with Crippen LogP contribution in [0.5, 0.6) is 0 Å². The molecule has 1 aliphatic rings. The molecule has 0 spiro atoms. The minimum atomic E-state index is 0.224. The van der Waals surface area contributed by atoms with Crippen LogP contribution in [0, 0.1) is 0 Å². The van der Waals surface area contributed by atoms with Gasteiger partial charge in [-0.15, -0.1) is 0 Å². The Kier molecular flexibility index (Phi) is 7.28. The molecule has 0 saturated heterocycles. The van der Waals surface area contributed by atoms with Gasteiger partial charge in [0.2, 0.25) is 0 Å². The van der Waals surface area contributed by atoms with Crippen LogP contribution in [0.25, 0.3) is 78.4 Å². The highest BCUT2D eigenvalue weighted by Gasteiger charge is 2.26. The Morgan fingerprint density at radius 2 is 1.13 bits per heavy atom. The maximum Gasteiger partial charge on any atom is 0.164 e. The lowest BCUT2D eigenvalue weighted by atomic mass is 9.89. The molecule has 1 unspecified atom stereocenters. The van der Waals surface area contributed by atoms with Crippen molar-refractivity contribution in [3.8, 4) is 56.4 Å². The van der Waals surface area contributed by atoms with E-state index in [2.05, 4.69) is 84.9 Å². The summed E-state index contributed by atoms with van der Waals surface area (Å²) < 4.78 is 6.47. The summed E-state index contributed by atoms with van der Waals surface area (Å²) >= 11 is 0. The van der Waals surface area contributed by atoms with E-state index in [9.17, 15) is 0 Å². The molecule has 0 saturated carbocycles. The van der Waals surface area contributed by atoms with Gasteiger partial charge in [0.1, 0.15) is 11.2 Å². The Balaban J connectivity index is 1.14. The predicted octanol–water partition coefficient (Wildman–Crippen LogP) is 11.6. The second-order valence-corrected chi connectivity index (χ2v) is 13.3. The minimum absolute atomic E-state index is 0.224. The molecule has 5 nitrogen and oxygen atoms in total. The summed E-state index contributed by atoms with van der Waals surface area (Å²) in [6.45, 7) is 0. The van der Waals surface area contributed by atoms with Gasteiger partial charge in [0.15, 0.2) is 17.5 Å². The first kappa shape index (κ1) is 30.1. The highest BCUT2D eigenvalue weighted by atomic mass is 16.3. The summed E-state index contributed by atoms with van der Waals surface area (Å²) in [5, 5.41) is 1.98. The van der Waals surface area contributed by atoms with Crippen molar-refractivity contribution < 1.29 is 4.42 Å². The van der Waals surface area contributed by atoms with Gasteiger partial charge < -0.3 is 4.42 Å². The maximum atomic E-state index is 6.47. The van der Waals surface area contributed by atoms with Gasteiger partial charge in [0.05, 0.1) is 5.69 Å². The highest BCUT2D eigenvalue weighted by molar-refractivity contribution is 6.12. The van der Waals surface area contributed by atoms with Crippen molar-refractivity contribution in [2.24, 2.45) is 0 Å². The van der Waals surface area contributed by atoms with E-state index in [0.717, 1.165) is 68.3 Å². The van der Waals surface area contributed by atoms with Crippen LogP contribution < -0.4 is 0 Å². The number of hydrogen-bond acceptors (Lipinski definition) is 5. The van der Waals surface area contributed by atoms with Crippen LogP contribution in [-0.4, -0.2) is 19.9 Å². The average molecular weight is 669 g/mol. The zero-order valence-electron chi connectivity index (χ0n) is 28.3. The first-order chi connectivity index (χ1) is 25.8. The van der Waals surface area contributed by atoms with Crippen LogP contribution in [0.2, 0.25) is 0 Å². The summed E-state index contributed by atoms with van der Waals surface area (Å²) in [6, 6.07) is 54.6. The molecule has 0 N–H and O–H groups in total. The Morgan fingerprint density at radius 1 is 0.481 bits per heavy atom. The number of fused-ring (bicyclic) bond motifs is 6. The third-order valence-corrected chi connectivity index (χ3v) is 10.2. The van der Waals surface area contributed by atoms with Crippen LogP contribution in [0.3, 0.4) is 0 Å². The molecule has 6 aromatic carbocycles. The van der Waals surface area contributed by atoms with E-state index in [1.807, 2.05) is 79.0 Å². The third kappa shape index (κ3) is 5.26. The zero-order valence-corrected chi connectivity index (χ0v) is 28.3. The lowest BCUT2D eigenvalue weighted by Crippen LogP contribution is -2.05. The number of rotatable bonds is 5. The summed E-state index contributed by atoms with van der Waals surface area (Å²) in [4.78, 5) is 20.3. The fraction of sp³-hybridized carbons (Fsp3) is 0.0638.